The van der Waals surface area contributed by atoms with E-state index in [0.717, 1.165) is 37.1 Å². The number of rotatable bonds is 3. The van der Waals surface area contributed by atoms with Crippen molar-refractivity contribution in [3.05, 3.63) is 29.3 Å². The zero-order chi connectivity index (χ0) is 14.7. The maximum atomic E-state index is 5.96. The van der Waals surface area contributed by atoms with Crippen molar-refractivity contribution in [2.45, 2.75) is 25.8 Å². The predicted octanol–water partition coefficient (Wildman–Crippen LogP) is 2.85. The van der Waals surface area contributed by atoms with Crippen LogP contribution < -0.4 is 10.2 Å². The molecule has 1 N–H and O–H groups in total. The Balaban J connectivity index is 1.47. The monoisotopic (exact) mass is 307 g/mol. The summed E-state index contributed by atoms with van der Waals surface area (Å²) in [6, 6.07) is 8.91. The van der Waals surface area contributed by atoms with Gasteiger partial charge >= 0.3 is 0 Å². The molecular weight excluding hydrogens is 282 g/mol. The van der Waals surface area contributed by atoms with Crippen molar-refractivity contribution in [1.82, 2.24) is 10.2 Å². The predicted molar refractivity (Wildman–Crippen MR) is 90.3 cm³/mol. The second-order valence-corrected chi connectivity index (χ2v) is 6.98. The summed E-state index contributed by atoms with van der Waals surface area (Å²) in [4.78, 5) is 5.08. The topological polar surface area (TPSA) is 18.5 Å². The number of nitrogens with one attached hydrogen (secondary N) is 1. The first-order valence-electron chi connectivity index (χ1n) is 8.17. The number of halogens is 1. The minimum Gasteiger partial charge on any atom is -0.369 e. The minimum atomic E-state index is 0.691. The summed E-state index contributed by atoms with van der Waals surface area (Å²) in [6.45, 7) is 9.33. The lowest BCUT2D eigenvalue weighted by Crippen LogP contribution is -2.52. The van der Waals surface area contributed by atoms with E-state index in [9.17, 15) is 0 Å². The molecule has 0 aromatic heterocycles. The summed E-state index contributed by atoms with van der Waals surface area (Å²) < 4.78 is 0. The molecule has 0 spiro atoms. The zero-order valence-electron chi connectivity index (χ0n) is 12.9. The molecule has 2 heterocycles. The third-order valence-electron chi connectivity index (χ3n) is 4.80. The Morgan fingerprint density at radius 1 is 1.14 bits per heavy atom. The summed E-state index contributed by atoms with van der Waals surface area (Å²) in [7, 11) is 0. The number of anilines is 1. The quantitative estimate of drug-likeness (QED) is 0.926. The number of piperazine rings is 1. The molecule has 2 atom stereocenters. The number of piperidine rings is 1. The van der Waals surface area contributed by atoms with E-state index in [2.05, 4.69) is 34.2 Å². The highest BCUT2D eigenvalue weighted by Crippen LogP contribution is 2.20. The highest BCUT2D eigenvalue weighted by atomic mass is 35.5. The van der Waals surface area contributed by atoms with Crippen LogP contribution in [0.3, 0.4) is 0 Å². The van der Waals surface area contributed by atoms with Gasteiger partial charge in [-0.05, 0) is 49.6 Å². The van der Waals surface area contributed by atoms with Crippen LogP contribution in [-0.2, 0) is 0 Å². The summed E-state index contributed by atoms with van der Waals surface area (Å²) >= 11 is 5.96. The van der Waals surface area contributed by atoms with Gasteiger partial charge < -0.3 is 10.2 Å². The Bertz CT molecular complexity index is 440. The lowest BCUT2D eigenvalue weighted by Gasteiger charge is -2.39. The van der Waals surface area contributed by atoms with Crippen molar-refractivity contribution in [2.75, 3.05) is 44.2 Å². The third kappa shape index (κ3) is 4.12. The van der Waals surface area contributed by atoms with E-state index in [4.69, 9.17) is 11.6 Å². The lowest BCUT2D eigenvalue weighted by atomic mass is 9.94. The van der Waals surface area contributed by atoms with Gasteiger partial charge in [0.25, 0.3) is 0 Å². The fraction of sp³-hybridized carbons (Fsp3) is 0.647. The van der Waals surface area contributed by atoms with Gasteiger partial charge in [0.2, 0.25) is 0 Å². The normalized spacial score (nSPS) is 27.8. The van der Waals surface area contributed by atoms with E-state index >= 15 is 0 Å². The molecule has 21 heavy (non-hydrogen) atoms. The molecule has 2 fully saturated rings. The fourth-order valence-electron chi connectivity index (χ4n) is 3.51. The molecule has 3 rings (SSSR count). The Morgan fingerprint density at radius 3 is 2.52 bits per heavy atom. The highest BCUT2D eigenvalue weighted by molar-refractivity contribution is 6.30. The van der Waals surface area contributed by atoms with Gasteiger partial charge in [-0.3, -0.25) is 4.90 Å². The number of hydrogen-bond acceptors (Lipinski definition) is 3. The smallest absolute Gasteiger partial charge is 0.0407 e. The molecule has 3 nitrogen and oxygen atoms in total. The van der Waals surface area contributed by atoms with Gasteiger partial charge in [0.15, 0.2) is 0 Å². The van der Waals surface area contributed by atoms with Crippen molar-refractivity contribution in [2.24, 2.45) is 5.92 Å². The number of hydrogen-bond donors (Lipinski definition) is 1. The molecule has 0 bridgehead atoms. The third-order valence-corrected chi connectivity index (χ3v) is 5.05. The second-order valence-electron chi connectivity index (χ2n) is 6.54. The SMILES string of the molecule is CC1CCNC(CN2CCN(c3ccc(Cl)cc3)CC2)C1. The van der Waals surface area contributed by atoms with E-state index < -0.39 is 0 Å². The van der Waals surface area contributed by atoms with E-state index in [1.807, 2.05) is 12.1 Å². The van der Waals surface area contributed by atoms with E-state index in [1.54, 1.807) is 0 Å². The van der Waals surface area contributed by atoms with Gasteiger partial charge in [0.05, 0.1) is 0 Å². The van der Waals surface area contributed by atoms with Crippen molar-refractivity contribution < 1.29 is 0 Å². The average Bonchev–Trinajstić information content (AvgIpc) is 2.49. The summed E-state index contributed by atoms with van der Waals surface area (Å²) in [5.74, 6) is 0.881. The molecule has 1 aromatic carbocycles. The van der Waals surface area contributed by atoms with Gasteiger partial charge in [-0.1, -0.05) is 18.5 Å². The van der Waals surface area contributed by atoms with E-state index in [0.29, 0.717) is 6.04 Å². The first-order valence-corrected chi connectivity index (χ1v) is 8.55. The van der Waals surface area contributed by atoms with Gasteiger partial charge in [-0.25, -0.2) is 0 Å². The Labute approximate surface area is 133 Å². The molecular formula is C17H26ClN3. The van der Waals surface area contributed by atoms with Crippen LogP contribution in [0.25, 0.3) is 0 Å². The molecule has 2 saturated heterocycles. The Morgan fingerprint density at radius 2 is 1.86 bits per heavy atom. The van der Waals surface area contributed by atoms with Crippen LogP contribution in [0.15, 0.2) is 24.3 Å². The minimum absolute atomic E-state index is 0.691. The van der Waals surface area contributed by atoms with Crippen LogP contribution in [0.5, 0.6) is 0 Å². The maximum Gasteiger partial charge on any atom is 0.0407 e. The fourth-order valence-corrected chi connectivity index (χ4v) is 3.64. The first kappa shape index (κ1) is 15.1. The molecule has 116 valence electrons. The summed E-state index contributed by atoms with van der Waals surface area (Å²) in [6.07, 6.45) is 2.66. The molecule has 2 aliphatic heterocycles. The van der Waals surface area contributed by atoms with Gasteiger partial charge in [-0.2, -0.15) is 0 Å². The van der Waals surface area contributed by atoms with Crippen molar-refractivity contribution in [3.63, 3.8) is 0 Å². The number of benzene rings is 1. The Hall–Kier alpha value is -0.770. The molecule has 0 amide bonds. The van der Waals surface area contributed by atoms with Crippen LogP contribution in [0.4, 0.5) is 5.69 Å². The largest absolute Gasteiger partial charge is 0.369 e. The van der Waals surface area contributed by atoms with Crippen molar-refractivity contribution >= 4 is 17.3 Å². The second kappa shape index (κ2) is 6.99. The van der Waals surface area contributed by atoms with Crippen LogP contribution in [0.1, 0.15) is 19.8 Å². The van der Waals surface area contributed by atoms with Crippen LogP contribution in [0.2, 0.25) is 5.02 Å². The molecule has 0 saturated carbocycles. The lowest BCUT2D eigenvalue weighted by molar-refractivity contribution is 0.198. The summed E-state index contributed by atoms with van der Waals surface area (Å²) in [5.41, 5.74) is 1.29. The highest BCUT2D eigenvalue weighted by Gasteiger charge is 2.23. The molecule has 4 heteroatoms. The average molecular weight is 308 g/mol. The summed E-state index contributed by atoms with van der Waals surface area (Å²) in [5, 5.41) is 4.49. The maximum absolute atomic E-state index is 5.96. The van der Waals surface area contributed by atoms with Gasteiger partial charge in [-0.15, -0.1) is 0 Å². The van der Waals surface area contributed by atoms with E-state index in [-0.39, 0.29) is 0 Å². The number of nitrogens with zero attached hydrogens (tertiary/aromatic N) is 2. The van der Waals surface area contributed by atoms with Gasteiger partial charge in [0, 0.05) is 49.5 Å². The van der Waals surface area contributed by atoms with Crippen LogP contribution >= 0.6 is 11.6 Å². The zero-order valence-corrected chi connectivity index (χ0v) is 13.6. The first-order chi connectivity index (χ1) is 10.2. The molecule has 0 aliphatic carbocycles. The van der Waals surface area contributed by atoms with Crippen LogP contribution in [-0.4, -0.2) is 50.2 Å². The van der Waals surface area contributed by atoms with Crippen molar-refractivity contribution in [3.8, 4) is 0 Å². The molecule has 0 radical (unpaired) electrons. The Kier molecular flexibility index (Phi) is 5.04. The molecule has 1 aromatic rings. The molecule has 2 unspecified atom stereocenters. The van der Waals surface area contributed by atoms with Crippen molar-refractivity contribution in [1.29, 1.82) is 0 Å². The van der Waals surface area contributed by atoms with Gasteiger partial charge in [0.1, 0.15) is 0 Å². The molecule has 2 aliphatic rings. The van der Waals surface area contributed by atoms with E-state index in [1.165, 1.54) is 31.6 Å². The standard InChI is InChI=1S/C17H26ClN3/c1-14-6-7-19-16(12-14)13-20-8-10-21(11-9-20)17-4-2-15(18)3-5-17/h2-5,14,16,19H,6-13H2,1H3. The van der Waals surface area contributed by atoms with Crippen LogP contribution in [0, 0.1) is 5.92 Å².